The van der Waals surface area contributed by atoms with Crippen LogP contribution in [0.1, 0.15) is 58.6 Å². The lowest BCUT2D eigenvalue weighted by Crippen LogP contribution is -2.30. The lowest BCUT2D eigenvalue weighted by atomic mass is 10.0. The lowest BCUT2D eigenvalue weighted by molar-refractivity contribution is -0.119. The van der Waals surface area contributed by atoms with E-state index in [1.165, 1.54) is 0 Å². The molecule has 142 valence electrons. The van der Waals surface area contributed by atoms with Crippen molar-refractivity contribution >= 4 is 26.4 Å². The number of pyridine rings is 1. The van der Waals surface area contributed by atoms with Crippen molar-refractivity contribution in [1.82, 2.24) is 4.98 Å². The second-order valence-electron chi connectivity index (χ2n) is 7.76. The standard InChI is InChI=1S/C21H29NO3S/c1-21(2,3)26(24,25)16-8-4-5-10-18(23)12-13-20-19-11-7-6-9-17(19)14-15-22-20/h6-7,9,11,14-15H,4-5,8,10,12-13,16H2,1-3H3. The number of benzene rings is 1. The summed E-state index contributed by atoms with van der Waals surface area (Å²) in [6.07, 6.45) is 5.59. The van der Waals surface area contributed by atoms with Gasteiger partial charge in [0.2, 0.25) is 0 Å². The molecule has 0 aliphatic carbocycles. The molecule has 4 nitrogen and oxygen atoms in total. The molecule has 0 bridgehead atoms. The Kier molecular flexibility index (Phi) is 6.93. The smallest absolute Gasteiger partial charge is 0.155 e. The van der Waals surface area contributed by atoms with Crippen LogP contribution in [0.5, 0.6) is 0 Å². The van der Waals surface area contributed by atoms with Crippen molar-refractivity contribution in [1.29, 1.82) is 0 Å². The number of fused-ring (bicyclic) bond motifs is 1. The SMILES string of the molecule is CC(C)(C)S(=O)(=O)CCCCCC(=O)CCc1nccc2ccccc12. The molecule has 0 N–H and O–H groups in total. The van der Waals surface area contributed by atoms with Crippen LogP contribution in [0, 0.1) is 0 Å². The van der Waals surface area contributed by atoms with Crippen LogP contribution in [0.25, 0.3) is 10.8 Å². The number of hydrogen-bond acceptors (Lipinski definition) is 4. The number of nitrogens with zero attached hydrogens (tertiary/aromatic N) is 1. The molecule has 1 heterocycles. The molecule has 0 radical (unpaired) electrons. The molecule has 1 aromatic carbocycles. The highest BCUT2D eigenvalue weighted by molar-refractivity contribution is 7.92. The summed E-state index contributed by atoms with van der Waals surface area (Å²) in [6, 6.07) is 10.1. The van der Waals surface area contributed by atoms with Gasteiger partial charge in [-0.3, -0.25) is 9.78 Å². The number of aromatic nitrogens is 1. The molecule has 2 rings (SSSR count). The molecule has 5 heteroatoms. The van der Waals surface area contributed by atoms with Crippen LogP contribution in [0.2, 0.25) is 0 Å². The van der Waals surface area contributed by atoms with Crippen LogP contribution in [-0.4, -0.2) is 29.7 Å². The minimum absolute atomic E-state index is 0.199. The first-order valence-electron chi connectivity index (χ1n) is 9.27. The summed E-state index contributed by atoms with van der Waals surface area (Å²) in [5, 5.41) is 2.25. The van der Waals surface area contributed by atoms with Crippen molar-refractivity contribution in [3.8, 4) is 0 Å². The van der Waals surface area contributed by atoms with Crippen molar-refractivity contribution in [2.45, 2.75) is 64.0 Å². The third-order valence-electron chi connectivity index (χ3n) is 4.70. The topological polar surface area (TPSA) is 64.1 Å². The van der Waals surface area contributed by atoms with Gasteiger partial charge in [-0.25, -0.2) is 8.42 Å². The minimum atomic E-state index is -3.06. The first-order valence-corrected chi connectivity index (χ1v) is 10.9. The molecule has 0 amide bonds. The third kappa shape index (κ3) is 5.63. The Morgan fingerprint density at radius 3 is 2.46 bits per heavy atom. The largest absolute Gasteiger partial charge is 0.300 e. The molecule has 0 fully saturated rings. The Morgan fingerprint density at radius 2 is 1.73 bits per heavy atom. The molecule has 0 unspecified atom stereocenters. The maximum Gasteiger partial charge on any atom is 0.155 e. The fraction of sp³-hybridized carbons (Fsp3) is 0.524. The highest BCUT2D eigenvalue weighted by Gasteiger charge is 2.27. The normalized spacial score (nSPS) is 12.4. The Morgan fingerprint density at radius 1 is 1.00 bits per heavy atom. The summed E-state index contributed by atoms with van der Waals surface area (Å²) in [5.74, 6) is 0.420. The maximum atomic E-state index is 12.1. The highest BCUT2D eigenvalue weighted by atomic mass is 32.2. The zero-order chi connectivity index (χ0) is 19.2. The molecule has 0 spiro atoms. The number of carbonyl (C=O) groups excluding carboxylic acids is 1. The van der Waals surface area contributed by atoms with E-state index >= 15 is 0 Å². The molecular formula is C21H29NO3S. The van der Waals surface area contributed by atoms with Crippen molar-refractivity contribution < 1.29 is 13.2 Å². The Bertz CT molecular complexity index is 846. The van der Waals surface area contributed by atoms with E-state index < -0.39 is 14.6 Å². The number of Topliss-reactive ketones (excluding diaryl/α,β-unsaturated/α-hetero) is 1. The van der Waals surface area contributed by atoms with Gasteiger partial charge in [0.25, 0.3) is 0 Å². The molecule has 1 aromatic heterocycles. The summed E-state index contributed by atoms with van der Waals surface area (Å²) in [4.78, 5) is 16.5. The number of ketones is 1. The zero-order valence-corrected chi connectivity index (χ0v) is 16.8. The van der Waals surface area contributed by atoms with Gasteiger partial charge in [-0.1, -0.05) is 30.7 Å². The molecule has 0 aliphatic rings. The van der Waals surface area contributed by atoms with E-state index in [4.69, 9.17) is 0 Å². The summed E-state index contributed by atoms with van der Waals surface area (Å²) in [7, 11) is -3.06. The third-order valence-corrected chi connectivity index (χ3v) is 7.39. The number of aryl methyl sites for hydroxylation is 1. The van der Waals surface area contributed by atoms with E-state index in [0.717, 1.165) is 29.3 Å². The van der Waals surface area contributed by atoms with Gasteiger partial charge in [-0.15, -0.1) is 0 Å². The average molecular weight is 376 g/mol. The fourth-order valence-electron chi connectivity index (χ4n) is 2.86. The molecular weight excluding hydrogens is 346 g/mol. The van der Waals surface area contributed by atoms with Crippen LogP contribution in [0.15, 0.2) is 36.5 Å². The van der Waals surface area contributed by atoms with Gasteiger partial charge in [0.05, 0.1) is 10.5 Å². The van der Waals surface area contributed by atoms with Crippen molar-refractivity contribution in [2.75, 3.05) is 5.75 Å². The predicted octanol–water partition coefficient (Wildman–Crippen LogP) is 4.51. The van der Waals surface area contributed by atoms with Gasteiger partial charge in [0.1, 0.15) is 5.78 Å². The molecule has 0 saturated carbocycles. The number of rotatable bonds is 9. The minimum Gasteiger partial charge on any atom is -0.300 e. The monoisotopic (exact) mass is 375 g/mol. The van der Waals surface area contributed by atoms with E-state index in [2.05, 4.69) is 4.98 Å². The Labute approximate surface area is 156 Å². The summed E-state index contributed by atoms with van der Waals surface area (Å²) in [5.41, 5.74) is 0.965. The Balaban J connectivity index is 1.73. The first-order chi connectivity index (χ1) is 12.2. The maximum absolute atomic E-state index is 12.1. The van der Waals surface area contributed by atoms with Gasteiger partial charge in [-0.05, 0) is 51.5 Å². The summed E-state index contributed by atoms with van der Waals surface area (Å²) >= 11 is 0. The van der Waals surface area contributed by atoms with Crippen LogP contribution >= 0.6 is 0 Å². The number of sulfone groups is 1. The van der Waals surface area contributed by atoms with Crippen LogP contribution in [0.3, 0.4) is 0 Å². The van der Waals surface area contributed by atoms with E-state index in [1.807, 2.05) is 30.3 Å². The van der Waals surface area contributed by atoms with Gasteiger partial charge in [0, 0.05) is 30.1 Å². The summed E-state index contributed by atoms with van der Waals surface area (Å²) < 4.78 is 23.4. The Hall–Kier alpha value is -1.75. The predicted molar refractivity (Wildman–Crippen MR) is 107 cm³/mol. The number of hydrogen-bond donors (Lipinski definition) is 0. The van der Waals surface area contributed by atoms with E-state index in [0.29, 0.717) is 25.7 Å². The lowest BCUT2D eigenvalue weighted by Gasteiger charge is -2.18. The van der Waals surface area contributed by atoms with Crippen LogP contribution < -0.4 is 0 Å². The quantitative estimate of drug-likeness (QED) is 0.605. The second kappa shape index (κ2) is 8.76. The van der Waals surface area contributed by atoms with Crippen molar-refractivity contribution in [3.63, 3.8) is 0 Å². The van der Waals surface area contributed by atoms with E-state index in [1.54, 1.807) is 27.0 Å². The van der Waals surface area contributed by atoms with Crippen molar-refractivity contribution in [3.05, 3.63) is 42.2 Å². The second-order valence-corrected chi connectivity index (χ2v) is 10.6. The van der Waals surface area contributed by atoms with Gasteiger partial charge in [-0.2, -0.15) is 0 Å². The molecule has 0 saturated heterocycles. The molecule has 0 aliphatic heterocycles. The van der Waals surface area contributed by atoms with Gasteiger partial charge in [0.15, 0.2) is 9.84 Å². The van der Waals surface area contributed by atoms with Crippen molar-refractivity contribution in [2.24, 2.45) is 0 Å². The number of unbranched alkanes of at least 4 members (excludes halogenated alkanes) is 2. The number of carbonyl (C=O) groups is 1. The van der Waals surface area contributed by atoms with E-state index in [9.17, 15) is 13.2 Å². The molecule has 0 atom stereocenters. The average Bonchev–Trinajstić information content (AvgIpc) is 2.58. The summed E-state index contributed by atoms with van der Waals surface area (Å²) in [6.45, 7) is 5.19. The first kappa shape index (κ1) is 20.6. The van der Waals surface area contributed by atoms with Crippen LogP contribution in [-0.2, 0) is 21.1 Å². The van der Waals surface area contributed by atoms with Gasteiger partial charge >= 0.3 is 0 Å². The zero-order valence-electron chi connectivity index (χ0n) is 16.0. The highest BCUT2D eigenvalue weighted by Crippen LogP contribution is 2.19. The molecule has 2 aromatic rings. The molecule has 26 heavy (non-hydrogen) atoms. The van der Waals surface area contributed by atoms with Crippen LogP contribution in [0.4, 0.5) is 0 Å². The van der Waals surface area contributed by atoms with E-state index in [-0.39, 0.29) is 11.5 Å². The fourth-order valence-corrected chi connectivity index (χ4v) is 4.06. The van der Waals surface area contributed by atoms with Gasteiger partial charge < -0.3 is 0 Å².